The van der Waals surface area contributed by atoms with E-state index < -0.39 is 5.97 Å². The molecule has 2 aliphatic heterocycles. The van der Waals surface area contributed by atoms with Gasteiger partial charge in [-0.05, 0) is 49.9 Å². The summed E-state index contributed by atoms with van der Waals surface area (Å²) in [4.78, 5) is 40.0. The Labute approximate surface area is 157 Å². The Morgan fingerprint density at radius 3 is 2.19 bits per heavy atom. The molecule has 1 atom stereocenters. The molecule has 140 valence electrons. The van der Waals surface area contributed by atoms with Gasteiger partial charge in [-0.3, -0.25) is 14.4 Å². The molecule has 1 aromatic carbocycles. The van der Waals surface area contributed by atoms with Crippen LogP contribution in [-0.2, 0) is 9.59 Å². The maximum atomic E-state index is 12.8. The van der Waals surface area contributed by atoms with Gasteiger partial charge in [0.15, 0.2) is 0 Å². The van der Waals surface area contributed by atoms with Gasteiger partial charge in [-0.25, -0.2) is 0 Å². The molecular weight excluding hydrogens is 356 g/mol. The molecule has 0 aromatic heterocycles. The molecule has 26 heavy (non-hydrogen) atoms. The van der Waals surface area contributed by atoms with Crippen molar-refractivity contribution in [2.24, 2.45) is 11.8 Å². The summed E-state index contributed by atoms with van der Waals surface area (Å²) in [6, 6.07) is 6.78. The van der Waals surface area contributed by atoms with Gasteiger partial charge in [0.1, 0.15) is 0 Å². The summed E-state index contributed by atoms with van der Waals surface area (Å²) in [7, 11) is 0. The fraction of sp³-hybridized carbons (Fsp3) is 0.526. The largest absolute Gasteiger partial charge is 0.481 e. The fourth-order valence-electron chi connectivity index (χ4n) is 3.74. The zero-order valence-electron chi connectivity index (χ0n) is 14.6. The van der Waals surface area contributed by atoms with Gasteiger partial charge in [0.25, 0.3) is 5.91 Å². The minimum atomic E-state index is -0.783. The van der Waals surface area contributed by atoms with Gasteiger partial charge in [-0.15, -0.1) is 0 Å². The minimum absolute atomic E-state index is 0.0439. The van der Waals surface area contributed by atoms with Crippen LogP contribution in [0.25, 0.3) is 0 Å². The van der Waals surface area contributed by atoms with Crippen LogP contribution in [0.15, 0.2) is 24.3 Å². The Hall–Kier alpha value is -2.08. The van der Waals surface area contributed by atoms with Crippen LogP contribution in [0, 0.1) is 11.8 Å². The summed E-state index contributed by atoms with van der Waals surface area (Å²) in [5.41, 5.74) is 0.574. The van der Waals surface area contributed by atoms with Crippen LogP contribution in [0.1, 0.15) is 36.0 Å². The second kappa shape index (κ2) is 8.08. The van der Waals surface area contributed by atoms with E-state index in [0.29, 0.717) is 49.6 Å². The second-order valence-corrected chi connectivity index (χ2v) is 7.47. The predicted octanol–water partition coefficient (Wildman–Crippen LogP) is 2.52. The maximum absolute atomic E-state index is 12.8. The van der Waals surface area contributed by atoms with E-state index in [1.165, 1.54) is 0 Å². The average Bonchev–Trinajstić information content (AvgIpc) is 2.67. The fourth-order valence-corrected chi connectivity index (χ4v) is 3.87. The SMILES string of the molecule is O=C(O)C1CCN(C(=O)C2CCCN(C(=O)c3ccc(Cl)cc3)C2)CC1. The van der Waals surface area contributed by atoms with Crippen LogP contribution in [0.2, 0.25) is 5.02 Å². The van der Waals surface area contributed by atoms with Crippen molar-refractivity contribution in [2.45, 2.75) is 25.7 Å². The molecule has 1 unspecified atom stereocenters. The second-order valence-electron chi connectivity index (χ2n) is 7.04. The monoisotopic (exact) mass is 378 g/mol. The van der Waals surface area contributed by atoms with Crippen LogP contribution in [0.4, 0.5) is 0 Å². The molecule has 2 amide bonds. The Morgan fingerprint density at radius 1 is 0.923 bits per heavy atom. The average molecular weight is 379 g/mol. The number of carbonyl (C=O) groups excluding carboxylic acids is 2. The smallest absolute Gasteiger partial charge is 0.306 e. The highest BCUT2D eigenvalue weighted by Gasteiger charge is 2.34. The zero-order valence-corrected chi connectivity index (χ0v) is 15.3. The third-order valence-electron chi connectivity index (χ3n) is 5.30. The predicted molar refractivity (Wildman–Crippen MR) is 97.0 cm³/mol. The number of aliphatic carboxylic acids is 1. The lowest BCUT2D eigenvalue weighted by atomic mass is 9.92. The number of hydrogen-bond donors (Lipinski definition) is 1. The molecule has 2 heterocycles. The number of carbonyl (C=O) groups is 3. The van der Waals surface area contributed by atoms with Crippen molar-refractivity contribution in [1.82, 2.24) is 9.80 Å². The molecule has 0 aliphatic carbocycles. The number of halogens is 1. The van der Waals surface area contributed by atoms with Crippen LogP contribution < -0.4 is 0 Å². The Bertz CT molecular complexity index is 683. The minimum Gasteiger partial charge on any atom is -0.481 e. The van der Waals surface area contributed by atoms with E-state index in [9.17, 15) is 14.4 Å². The molecule has 2 saturated heterocycles. The third-order valence-corrected chi connectivity index (χ3v) is 5.56. The quantitative estimate of drug-likeness (QED) is 0.876. The van der Waals surface area contributed by atoms with E-state index in [2.05, 4.69) is 0 Å². The molecule has 6 nitrogen and oxygen atoms in total. The van der Waals surface area contributed by atoms with E-state index in [4.69, 9.17) is 16.7 Å². The summed E-state index contributed by atoms with van der Waals surface area (Å²) in [5, 5.41) is 9.66. The first-order valence-corrected chi connectivity index (χ1v) is 9.40. The van der Waals surface area contributed by atoms with Crippen LogP contribution in [0.3, 0.4) is 0 Å². The van der Waals surface area contributed by atoms with Crippen molar-refractivity contribution in [2.75, 3.05) is 26.2 Å². The Morgan fingerprint density at radius 2 is 1.58 bits per heavy atom. The first-order chi connectivity index (χ1) is 12.5. The highest BCUT2D eigenvalue weighted by molar-refractivity contribution is 6.30. The first-order valence-electron chi connectivity index (χ1n) is 9.02. The number of amides is 2. The lowest BCUT2D eigenvalue weighted by Gasteiger charge is -2.37. The summed E-state index contributed by atoms with van der Waals surface area (Å²) >= 11 is 5.87. The number of rotatable bonds is 3. The van der Waals surface area contributed by atoms with E-state index in [-0.39, 0.29) is 23.7 Å². The molecule has 0 saturated carbocycles. The number of likely N-dealkylation sites (tertiary alicyclic amines) is 2. The van der Waals surface area contributed by atoms with Crippen LogP contribution in [-0.4, -0.2) is 58.9 Å². The van der Waals surface area contributed by atoms with Gasteiger partial charge in [-0.1, -0.05) is 11.6 Å². The summed E-state index contributed by atoms with van der Waals surface area (Å²) in [6.45, 7) is 2.03. The topological polar surface area (TPSA) is 77.9 Å². The van der Waals surface area contributed by atoms with E-state index in [1.807, 2.05) is 0 Å². The molecule has 3 rings (SSSR count). The standard InChI is InChI=1S/C19H23ClN2O4/c20-16-5-3-13(4-6-16)17(23)22-9-1-2-15(12-22)18(24)21-10-7-14(8-11-21)19(25)26/h3-6,14-15H,1-2,7-12H2,(H,25,26). The van der Waals surface area contributed by atoms with Crippen molar-refractivity contribution in [3.8, 4) is 0 Å². The van der Waals surface area contributed by atoms with E-state index >= 15 is 0 Å². The summed E-state index contributed by atoms with van der Waals surface area (Å²) in [6.07, 6.45) is 2.56. The molecule has 0 spiro atoms. The van der Waals surface area contributed by atoms with E-state index in [1.54, 1.807) is 34.1 Å². The van der Waals surface area contributed by atoms with Crippen molar-refractivity contribution < 1.29 is 19.5 Å². The Kier molecular flexibility index (Phi) is 5.81. The van der Waals surface area contributed by atoms with Gasteiger partial charge in [0.2, 0.25) is 5.91 Å². The van der Waals surface area contributed by atoms with Crippen LogP contribution >= 0.6 is 11.6 Å². The highest BCUT2D eigenvalue weighted by Crippen LogP contribution is 2.24. The molecule has 1 N–H and O–H groups in total. The first kappa shape index (κ1) is 18.7. The lowest BCUT2D eigenvalue weighted by molar-refractivity contribution is -0.147. The van der Waals surface area contributed by atoms with Crippen LogP contribution in [0.5, 0.6) is 0 Å². The summed E-state index contributed by atoms with van der Waals surface area (Å²) < 4.78 is 0. The summed E-state index contributed by atoms with van der Waals surface area (Å²) in [5.74, 6) is -1.38. The maximum Gasteiger partial charge on any atom is 0.306 e. The number of hydrogen-bond acceptors (Lipinski definition) is 3. The van der Waals surface area contributed by atoms with Gasteiger partial charge < -0.3 is 14.9 Å². The molecule has 0 bridgehead atoms. The highest BCUT2D eigenvalue weighted by atomic mass is 35.5. The Balaban J connectivity index is 1.59. The third kappa shape index (κ3) is 4.18. The number of benzene rings is 1. The molecule has 2 aliphatic rings. The molecular formula is C19H23ClN2O4. The number of nitrogens with zero attached hydrogens (tertiary/aromatic N) is 2. The number of piperidine rings is 2. The van der Waals surface area contributed by atoms with Gasteiger partial charge in [0.05, 0.1) is 11.8 Å². The normalized spacial score (nSPS) is 21.5. The van der Waals surface area contributed by atoms with Gasteiger partial charge in [-0.2, -0.15) is 0 Å². The van der Waals surface area contributed by atoms with Crippen molar-refractivity contribution in [3.05, 3.63) is 34.9 Å². The molecule has 2 fully saturated rings. The van der Waals surface area contributed by atoms with Gasteiger partial charge >= 0.3 is 5.97 Å². The van der Waals surface area contributed by atoms with E-state index in [0.717, 1.165) is 12.8 Å². The molecule has 1 aromatic rings. The number of carboxylic acids is 1. The zero-order chi connectivity index (χ0) is 18.7. The molecule has 7 heteroatoms. The molecule has 0 radical (unpaired) electrons. The lowest BCUT2D eigenvalue weighted by Crippen LogP contribution is -2.49. The van der Waals surface area contributed by atoms with Crippen molar-refractivity contribution in [1.29, 1.82) is 0 Å². The van der Waals surface area contributed by atoms with Crippen molar-refractivity contribution >= 4 is 29.4 Å². The number of carboxylic acid groups (broad SMARTS) is 1. The van der Waals surface area contributed by atoms with Gasteiger partial charge in [0, 0.05) is 36.8 Å². The van der Waals surface area contributed by atoms with Crippen molar-refractivity contribution in [3.63, 3.8) is 0 Å².